The van der Waals surface area contributed by atoms with Crippen molar-refractivity contribution in [1.29, 1.82) is 0 Å². The van der Waals surface area contributed by atoms with E-state index in [0.29, 0.717) is 5.56 Å². The monoisotopic (exact) mass is 297 g/mol. The topological polar surface area (TPSA) is 38.3 Å². The van der Waals surface area contributed by atoms with Gasteiger partial charge in [-0.25, -0.2) is 9.63 Å². The molecule has 112 valence electrons. The second-order valence-corrected chi connectivity index (χ2v) is 6.72. The van der Waals surface area contributed by atoms with E-state index < -0.39 is 0 Å². The Balaban J connectivity index is 2.81. The summed E-state index contributed by atoms with van der Waals surface area (Å²) in [6.07, 6.45) is 0.798. The number of carbonyl (C=O) groups is 1. The Morgan fingerprint density at radius 1 is 1.25 bits per heavy atom. The number of halogens is 1. The molecule has 0 heterocycles. The summed E-state index contributed by atoms with van der Waals surface area (Å²) < 4.78 is 5.16. The van der Waals surface area contributed by atoms with Gasteiger partial charge in [0.15, 0.2) is 0 Å². The fraction of sp³-hybridized carbons (Fsp3) is 0.562. The molecule has 1 N–H and O–H groups in total. The largest absolute Gasteiger partial charge is 0.459 e. The molecule has 20 heavy (non-hydrogen) atoms. The van der Waals surface area contributed by atoms with Crippen molar-refractivity contribution in [1.82, 2.24) is 4.84 Å². The highest BCUT2D eigenvalue weighted by Gasteiger charge is 2.20. The van der Waals surface area contributed by atoms with Crippen LogP contribution in [0.4, 0.5) is 0 Å². The van der Waals surface area contributed by atoms with Crippen LogP contribution in [0.3, 0.4) is 0 Å². The molecule has 1 aromatic rings. The van der Waals surface area contributed by atoms with E-state index in [1.165, 1.54) is 0 Å². The Kier molecular flexibility index (Phi) is 6.03. The van der Waals surface area contributed by atoms with E-state index in [9.17, 15) is 4.79 Å². The fourth-order valence-electron chi connectivity index (χ4n) is 1.97. The molecular formula is C16H24ClNO2. The van der Waals surface area contributed by atoms with Crippen LogP contribution >= 0.6 is 11.8 Å². The second-order valence-electron chi connectivity index (χ2n) is 6.50. The summed E-state index contributed by atoms with van der Waals surface area (Å²) in [6.45, 7) is 10.2. The lowest BCUT2D eigenvalue weighted by Gasteiger charge is -2.25. The van der Waals surface area contributed by atoms with Crippen LogP contribution in [0, 0.1) is 5.41 Å². The maximum absolute atomic E-state index is 11.8. The lowest BCUT2D eigenvalue weighted by molar-refractivity contribution is 0.0378. The van der Waals surface area contributed by atoms with E-state index in [1.54, 1.807) is 12.1 Å². The summed E-state index contributed by atoms with van der Waals surface area (Å²) in [6, 6.07) is 7.46. The molecule has 0 aliphatic rings. The molecule has 0 aliphatic carbocycles. The summed E-state index contributed by atoms with van der Waals surface area (Å²) >= 11 is 5.84. The van der Waals surface area contributed by atoms with Crippen molar-refractivity contribution in [3.63, 3.8) is 0 Å². The third kappa shape index (κ3) is 5.51. The Morgan fingerprint density at radius 3 is 2.20 bits per heavy atom. The number of benzene rings is 1. The van der Waals surface area contributed by atoms with Crippen LogP contribution in [0.25, 0.3) is 0 Å². The summed E-state index contributed by atoms with van der Waals surface area (Å²) in [5, 5.41) is 0. The van der Waals surface area contributed by atoms with Crippen LogP contribution in [-0.2, 0) is 4.74 Å². The quantitative estimate of drug-likeness (QED) is 0.643. The molecule has 0 saturated heterocycles. The first-order valence-electron chi connectivity index (χ1n) is 6.90. The summed E-state index contributed by atoms with van der Waals surface area (Å²) in [5.74, 6) is -0.294. The van der Waals surface area contributed by atoms with Crippen LogP contribution < -0.4 is 4.84 Å². The Bertz CT molecular complexity index is 435. The van der Waals surface area contributed by atoms with Crippen molar-refractivity contribution >= 4 is 17.7 Å². The molecule has 0 bridgehead atoms. The van der Waals surface area contributed by atoms with Gasteiger partial charge in [-0.1, -0.05) is 32.9 Å². The van der Waals surface area contributed by atoms with Crippen molar-refractivity contribution in [2.75, 3.05) is 0 Å². The van der Waals surface area contributed by atoms with E-state index in [4.69, 9.17) is 16.5 Å². The number of carbonyl (C=O) groups excluding carboxylic acids is 1. The van der Waals surface area contributed by atoms with E-state index in [0.717, 1.165) is 12.0 Å². The third-order valence-corrected chi connectivity index (χ3v) is 3.10. The van der Waals surface area contributed by atoms with Gasteiger partial charge >= 0.3 is 5.97 Å². The number of ether oxygens (including phenoxy) is 1. The molecular weight excluding hydrogens is 274 g/mol. The molecule has 1 aromatic carbocycles. The van der Waals surface area contributed by atoms with Gasteiger partial charge in [-0.05, 0) is 55.2 Å². The van der Waals surface area contributed by atoms with Crippen molar-refractivity contribution < 1.29 is 9.53 Å². The van der Waals surface area contributed by atoms with Gasteiger partial charge in [0.05, 0.1) is 11.7 Å². The van der Waals surface area contributed by atoms with Crippen LogP contribution in [0.2, 0.25) is 0 Å². The maximum Gasteiger partial charge on any atom is 0.338 e. The average molecular weight is 298 g/mol. The van der Waals surface area contributed by atoms with Crippen LogP contribution in [0.15, 0.2) is 24.3 Å². The first-order chi connectivity index (χ1) is 9.23. The summed E-state index contributed by atoms with van der Waals surface area (Å²) in [4.78, 5) is 14.6. The summed E-state index contributed by atoms with van der Waals surface area (Å²) in [7, 11) is 0. The van der Waals surface area contributed by atoms with Crippen molar-refractivity contribution in [3.8, 4) is 0 Å². The van der Waals surface area contributed by atoms with Crippen molar-refractivity contribution in [2.45, 2.75) is 53.2 Å². The molecule has 0 spiro atoms. The smallest absolute Gasteiger partial charge is 0.338 e. The Hall–Kier alpha value is -1.06. The number of esters is 1. The highest BCUT2D eigenvalue weighted by atomic mass is 35.5. The lowest BCUT2D eigenvalue weighted by atomic mass is 9.86. The van der Waals surface area contributed by atoms with Crippen molar-refractivity contribution in [2.24, 2.45) is 5.41 Å². The normalized spacial score (nSPS) is 13.3. The van der Waals surface area contributed by atoms with Gasteiger partial charge in [-0.15, -0.1) is 0 Å². The molecule has 0 amide bonds. The van der Waals surface area contributed by atoms with Gasteiger partial charge in [-0.2, -0.15) is 0 Å². The first-order valence-corrected chi connectivity index (χ1v) is 7.28. The standard InChI is InChI=1S/C16H24ClNO2/c1-11(2)20-15(19)13-8-6-12(7-9-13)14(18-17)10-16(3,4)5/h6-9,11,14,18H,10H2,1-5H3. The third-order valence-electron chi connectivity index (χ3n) is 2.84. The van der Waals surface area contributed by atoms with Gasteiger partial charge in [-0.3, -0.25) is 0 Å². The van der Waals surface area contributed by atoms with Gasteiger partial charge in [0.25, 0.3) is 0 Å². The van der Waals surface area contributed by atoms with Gasteiger partial charge in [0, 0.05) is 6.04 Å². The van der Waals surface area contributed by atoms with E-state index in [-0.39, 0.29) is 23.5 Å². The molecule has 0 aromatic heterocycles. The minimum Gasteiger partial charge on any atom is -0.459 e. The molecule has 3 nitrogen and oxygen atoms in total. The highest BCUT2D eigenvalue weighted by Crippen LogP contribution is 2.29. The average Bonchev–Trinajstić information content (AvgIpc) is 2.34. The minimum atomic E-state index is -0.294. The second kappa shape index (κ2) is 7.09. The van der Waals surface area contributed by atoms with Gasteiger partial charge < -0.3 is 4.74 Å². The van der Waals surface area contributed by atoms with E-state index >= 15 is 0 Å². The highest BCUT2D eigenvalue weighted by molar-refractivity contribution is 6.13. The Morgan fingerprint density at radius 2 is 1.80 bits per heavy atom. The molecule has 0 radical (unpaired) electrons. The zero-order chi connectivity index (χ0) is 15.3. The van der Waals surface area contributed by atoms with Crippen LogP contribution in [0.5, 0.6) is 0 Å². The zero-order valence-electron chi connectivity index (χ0n) is 12.9. The molecule has 1 atom stereocenters. The molecule has 1 unspecified atom stereocenters. The van der Waals surface area contributed by atoms with Gasteiger partial charge in [0.1, 0.15) is 0 Å². The molecule has 0 fully saturated rings. The summed E-state index contributed by atoms with van der Waals surface area (Å²) in [5.41, 5.74) is 1.80. The Labute approximate surface area is 126 Å². The molecule has 4 heteroatoms. The molecule has 1 rings (SSSR count). The zero-order valence-corrected chi connectivity index (χ0v) is 13.6. The van der Waals surface area contributed by atoms with E-state index in [1.807, 2.05) is 26.0 Å². The van der Waals surface area contributed by atoms with Crippen LogP contribution in [-0.4, -0.2) is 12.1 Å². The fourth-order valence-corrected chi connectivity index (χ4v) is 2.17. The number of hydrogen-bond acceptors (Lipinski definition) is 3. The number of hydrogen-bond donors (Lipinski definition) is 1. The first kappa shape index (κ1) is 17.0. The predicted molar refractivity (Wildman–Crippen MR) is 82.8 cm³/mol. The van der Waals surface area contributed by atoms with Crippen LogP contribution in [0.1, 0.15) is 63.0 Å². The number of nitrogens with one attached hydrogen (secondary N) is 1. The predicted octanol–water partition coefficient (Wildman–Crippen LogP) is 4.47. The molecule has 0 saturated carbocycles. The lowest BCUT2D eigenvalue weighted by Crippen LogP contribution is -2.19. The van der Waals surface area contributed by atoms with E-state index in [2.05, 4.69) is 25.6 Å². The number of rotatable bonds is 5. The van der Waals surface area contributed by atoms with Crippen molar-refractivity contribution in [3.05, 3.63) is 35.4 Å². The molecule has 0 aliphatic heterocycles. The van der Waals surface area contributed by atoms with Gasteiger partial charge in [0.2, 0.25) is 0 Å². The maximum atomic E-state index is 11.8. The minimum absolute atomic E-state index is 0.0619. The SMILES string of the molecule is CC(C)OC(=O)c1ccc(C(CC(C)(C)C)NCl)cc1.